The Morgan fingerprint density at radius 3 is 0.965 bits per heavy atom. The molecule has 0 N–H and O–H groups in total. The van der Waals surface area contributed by atoms with Crippen LogP contribution in [0.25, 0.3) is 0 Å². The van der Waals surface area contributed by atoms with Crippen molar-refractivity contribution in [1.29, 1.82) is 0 Å². The molecule has 0 heterocycles. The molecule has 0 fully saturated rings. The Balaban J connectivity index is 0. The number of unbranched alkanes of at least 4 members (excludes halogenated alkanes) is 34. The molecule has 0 aromatic carbocycles. The van der Waals surface area contributed by atoms with Crippen molar-refractivity contribution < 1.29 is 23.2 Å². The van der Waals surface area contributed by atoms with Gasteiger partial charge in [0.05, 0.1) is 6.26 Å². The summed E-state index contributed by atoms with van der Waals surface area (Å²) in [6, 6.07) is 0. The van der Waals surface area contributed by atoms with Gasteiger partial charge in [0, 0.05) is 18.1 Å². The quantitative estimate of drug-likeness (QED) is 0.0286. The molecule has 0 radical (unpaired) electrons. The molecule has 0 saturated carbocycles. The highest BCUT2D eigenvalue weighted by Gasteiger charge is 2.12. The summed E-state index contributed by atoms with van der Waals surface area (Å²) in [5.74, 6) is -0.378. The van der Waals surface area contributed by atoms with Gasteiger partial charge in [-0.05, 0) is 26.2 Å². The van der Waals surface area contributed by atoms with Crippen LogP contribution in [0.1, 0.15) is 285 Å². The Morgan fingerprint density at radius 1 is 0.456 bits per heavy atom. The Bertz CT molecular complexity index is 766. The van der Waals surface area contributed by atoms with E-state index in [2.05, 4.69) is 46.9 Å². The number of carbonyl (C=O) groups excluding carboxylic acids is 2. The predicted molar refractivity (Wildman–Crippen MR) is 256 cm³/mol. The molecule has 2 unspecified atom stereocenters. The van der Waals surface area contributed by atoms with Crippen LogP contribution in [0.4, 0.5) is 0 Å². The molecule has 7 heteroatoms. The second-order valence-corrected chi connectivity index (χ2v) is 18.5. The van der Waals surface area contributed by atoms with Crippen molar-refractivity contribution in [2.24, 2.45) is 0 Å². The summed E-state index contributed by atoms with van der Waals surface area (Å²) >= 11 is 4.54. The summed E-state index contributed by atoms with van der Waals surface area (Å²) < 4.78 is 15.7. The van der Waals surface area contributed by atoms with E-state index in [-0.39, 0.29) is 18.0 Å². The number of carbonyl (C=O) groups is 2. The van der Waals surface area contributed by atoms with Crippen LogP contribution >= 0.6 is 12.6 Å². The van der Waals surface area contributed by atoms with Gasteiger partial charge >= 0.3 is 10.0 Å². The average Bonchev–Trinajstić information content (AvgIpc) is 3.20. The third kappa shape index (κ3) is 51.1. The fourth-order valence-electron chi connectivity index (χ4n) is 7.37. The maximum atomic E-state index is 11.9. The number of hydrogen-bond donors (Lipinski definition) is 1. The Morgan fingerprint density at radius 2 is 0.702 bits per heavy atom. The molecule has 0 aromatic rings. The van der Waals surface area contributed by atoms with Crippen LogP contribution in [0.2, 0.25) is 0 Å². The number of rotatable bonds is 45. The first-order valence-electron chi connectivity index (χ1n) is 25.2. The van der Waals surface area contributed by atoms with E-state index in [1.54, 1.807) is 0 Å². The molecule has 57 heavy (non-hydrogen) atoms. The smallest absolute Gasteiger partial charge is 0.431 e. The SMILES string of the molecule is C=COC(C)C(S)CCCCCCCCC.CCCCCCCCCCCCCCCCCC(=O)O[SiH2]OC(=O)CCCCCCCCCCCCCCCCC. The van der Waals surface area contributed by atoms with E-state index in [0.717, 1.165) is 32.1 Å². The van der Waals surface area contributed by atoms with E-state index < -0.39 is 10.0 Å². The van der Waals surface area contributed by atoms with Crippen LogP contribution in [0.5, 0.6) is 0 Å². The van der Waals surface area contributed by atoms with Crippen molar-refractivity contribution in [3.05, 3.63) is 12.8 Å². The van der Waals surface area contributed by atoms with E-state index >= 15 is 0 Å². The summed E-state index contributed by atoms with van der Waals surface area (Å²) in [5.41, 5.74) is 0. The molecule has 0 bridgehead atoms. The Labute approximate surface area is 365 Å². The summed E-state index contributed by atoms with van der Waals surface area (Å²) in [6.45, 7) is 12.4. The standard InChI is InChI=1S/C36H72O4Si.C14H28OS/c1-3-5-7-9-11-13-15-17-19-21-23-25-27-29-31-33-35(37)39-41-40-36(38)34-32-30-28-26-24-22-20-18-16-14-12-10-8-6-4-2;1-4-6-7-8-9-10-11-12-14(16)13(3)15-5-2/h3-34,41H2,1-2H3;5,13-14,16H,2,4,6-12H2,1,3H3. The predicted octanol–water partition coefficient (Wildman–Crippen LogP) is 16.6. The van der Waals surface area contributed by atoms with Gasteiger partial charge in [0.25, 0.3) is 11.9 Å². The zero-order chi connectivity index (χ0) is 42.1. The molecule has 2 atom stereocenters. The maximum Gasteiger partial charge on any atom is 0.431 e. The summed E-state index contributed by atoms with van der Waals surface area (Å²) in [6.07, 6.45) is 52.7. The summed E-state index contributed by atoms with van der Waals surface area (Å²) in [5, 5.41) is 0.341. The molecule has 5 nitrogen and oxygen atoms in total. The zero-order valence-electron chi connectivity index (χ0n) is 38.9. The van der Waals surface area contributed by atoms with Crippen molar-refractivity contribution in [2.75, 3.05) is 0 Å². The van der Waals surface area contributed by atoms with Crippen molar-refractivity contribution in [3.63, 3.8) is 0 Å². The molecule has 0 aliphatic carbocycles. The summed E-state index contributed by atoms with van der Waals surface area (Å²) in [4.78, 5) is 23.8. The largest absolute Gasteiger partial charge is 0.498 e. The van der Waals surface area contributed by atoms with Gasteiger partial charge in [0.2, 0.25) is 0 Å². The average molecular weight is 841 g/mol. The first-order valence-corrected chi connectivity index (χ1v) is 26.9. The van der Waals surface area contributed by atoms with Gasteiger partial charge in [0.15, 0.2) is 0 Å². The molecular formula is C50H100O5SSi. The second-order valence-electron chi connectivity index (χ2n) is 17.0. The number of hydrogen-bond acceptors (Lipinski definition) is 6. The molecule has 340 valence electrons. The van der Waals surface area contributed by atoms with Gasteiger partial charge in [-0.2, -0.15) is 12.6 Å². The lowest BCUT2D eigenvalue weighted by Gasteiger charge is -2.18. The molecule has 0 saturated heterocycles. The van der Waals surface area contributed by atoms with Crippen LogP contribution < -0.4 is 0 Å². The van der Waals surface area contributed by atoms with E-state index in [1.165, 1.54) is 218 Å². The van der Waals surface area contributed by atoms with Crippen LogP contribution in [0.15, 0.2) is 12.8 Å². The number of thiol groups is 1. The lowest BCUT2D eigenvalue weighted by Crippen LogP contribution is -2.18. The molecule has 0 spiro atoms. The van der Waals surface area contributed by atoms with Crippen LogP contribution in [-0.4, -0.2) is 33.3 Å². The van der Waals surface area contributed by atoms with E-state index in [9.17, 15) is 9.59 Å². The normalized spacial score (nSPS) is 12.1. The van der Waals surface area contributed by atoms with Crippen LogP contribution in [-0.2, 0) is 23.2 Å². The fourth-order valence-corrected chi connectivity index (χ4v) is 8.24. The number of ether oxygens (including phenoxy) is 1. The van der Waals surface area contributed by atoms with E-state index in [1.807, 2.05) is 0 Å². The minimum Gasteiger partial charge on any atom is -0.498 e. The lowest BCUT2D eigenvalue weighted by atomic mass is 10.0. The van der Waals surface area contributed by atoms with Crippen LogP contribution in [0, 0.1) is 0 Å². The fraction of sp³-hybridized carbons (Fsp3) is 0.920. The zero-order valence-corrected chi connectivity index (χ0v) is 41.2. The van der Waals surface area contributed by atoms with Gasteiger partial charge in [-0.25, -0.2) is 0 Å². The molecule has 0 amide bonds. The highest BCUT2D eigenvalue weighted by atomic mass is 32.1. The highest BCUT2D eigenvalue weighted by Crippen LogP contribution is 2.18. The third-order valence-electron chi connectivity index (χ3n) is 11.4. The highest BCUT2D eigenvalue weighted by molar-refractivity contribution is 7.81. The van der Waals surface area contributed by atoms with E-state index in [0.29, 0.717) is 18.1 Å². The van der Waals surface area contributed by atoms with Crippen molar-refractivity contribution >= 4 is 34.6 Å². The van der Waals surface area contributed by atoms with Gasteiger partial charge in [-0.1, -0.05) is 252 Å². The van der Waals surface area contributed by atoms with Gasteiger partial charge in [-0.15, -0.1) is 0 Å². The van der Waals surface area contributed by atoms with Crippen molar-refractivity contribution in [2.45, 2.75) is 296 Å². The van der Waals surface area contributed by atoms with Crippen LogP contribution in [0.3, 0.4) is 0 Å². The topological polar surface area (TPSA) is 61.8 Å². The van der Waals surface area contributed by atoms with Gasteiger partial charge < -0.3 is 13.6 Å². The van der Waals surface area contributed by atoms with Gasteiger partial charge in [0.1, 0.15) is 6.10 Å². The third-order valence-corrected chi connectivity index (χ3v) is 12.9. The maximum absolute atomic E-state index is 11.9. The summed E-state index contributed by atoms with van der Waals surface area (Å²) in [7, 11) is -1.51. The first-order chi connectivity index (χ1) is 27.9. The van der Waals surface area contributed by atoms with Gasteiger partial charge in [-0.3, -0.25) is 9.59 Å². The minimum absolute atomic E-state index is 0.181. The molecule has 0 rings (SSSR count). The molecule has 0 aliphatic rings. The minimum atomic E-state index is -1.51. The second kappa shape index (κ2) is 51.2. The van der Waals surface area contributed by atoms with E-state index in [4.69, 9.17) is 13.6 Å². The van der Waals surface area contributed by atoms with Crippen molar-refractivity contribution in [1.82, 2.24) is 0 Å². The molecular weight excluding hydrogens is 741 g/mol. The molecule has 0 aliphatic heterocycles. The lowest BCUT2D eigenvalue weighted by molar-refractivity contribution is -0.139. The first kappa shape index (κ1) is 58.1. The molecule has 0 aromatic heterocycles. The Hall–Kier alpha value is -0.953. The Kier molecular flexibility index (Phi) is 52.2. The van der Waals surface area contributed by atoms with Crippen molar-refractivity contribution in [3.8, 4) is 0 Å². The monoisotopic (exact) mass is 841 g/mol.